The molecule has 0 saturated carbocycles. The van der Waals surface area contributed by atoms with E-state index in [9.17, 15) is 9.18 Å². The Morgan fingerprint density at radius 2 is 2.33 bits per heavy atom. The predicted molar refractivity (Wildman–Crippen MR) is 45.9 cm³/mol. The second-order valence-corrected chi connectivity index (χ2v) is 3.01. The Hall–Kier alpha value is -0.990. The van der Waals surface area contributed by atoms with E-state index in [2.05, 4.69) is 20.9 Å². The second kappa shape index (κ2) is 4.14. The number of rotatable bonds is 2. The van der Waals surface area contributed by atoms with Crippen LogP contribution in [0.25, 0.3) is 0 Å². The lowest BCUT2D eigenvalue weighted by atomic mass is 10.2. The Labute approximate surface area is 77.3 Å². The minimum Gasteiger partial charge on any atom is -0.211 e. The summed E-state index contributed by atoms with van der Waals surface area (Å²) < 4.78 is 13.0. The monoisotopic (exact) mass is 229 g/mol. The van der Waals surface area contributed by atoms with Crippen LogP contribution in [0.3, 0.4) is 0 Å². The fraction of sp³-hybridized carbons (Fsp3) is 0.125. The van der Waals surface area contributed by atoms with Crippen LogP contribution in [0.1, 0.15) is 5.56 Å². The molecule has 0 heterocycles. The van der Waals surface area contributed by atoms with Gasteiger partial charge in [-0.3, -0.25) is 0 Å². The first-order valence-corrected chi connectivity index (χ1v) is 4.01. The van der Waals surface area contributed by atoms with E-state index < -0.39 is 0 Å². The molecule has 1 rings (SSSR count). The topological polar surface area (TPSA) is 29.4 Å². The average Bonchev–Trinajstić information content (AvgIpc) is 2.07. The molecule has 0 aliphatic carbocycles. The Kier molecular flexibility index (Phi) is 3.14. The van der Waals surface area contributed by atoms with Gasteiger partial charge in [-0.2, -0.15) is 0 Å². The van der Waals surface area contributed by atoms with Crippen molar-refractivity contribution in [1.82, 2.24) is 0 Å². The third kappa shape index (κ3) is 2.26. The van der Waals surface area contributed by atoms with Crippen molar-refractivity contribution < 1.29 is 9.18 Å². The minimum absolute atomic E-state index is 0.238. The number of nitrogens with zero attached hydrogens (tertiary/aromatic N) is 1. The Morgan fingerprint density at radius 3 is 2.92 bits per heavy atom. The fourth-order valence-corrected chi connectivity index (χ4v) is 1.19. The lowest BCUT2D eigenvalue weighted by Gasteiger charge is -1.96. The highest BCUT2D eigenvalue weighted by atomic mass is 79.9. The molecule has 0 spiro atoms. The normalized spacial score (nSPS) is 9.17. The summed E-state index contributed by atoms with van der Waals surface area (Å²) in [6.07, 6.45) is 1.42. The quantitative estimate of drug-likeness (QED) is 0.566. The molecule has 0 bridgehead atoms. The third-order valence-electron chi connectivity index (χ3n) is 1.31. The van der Waals surface area contributed by atoms with E-state index >= 15 is 0 Å². The van der Waals surface area contributed by atoms with Crippen LogP contribution in [-0.2, 0) is 11.3 Å². The van der Waals surface area contributed by atoms with Crippen LogP contribution in [0.2, 0.25) is 0 Å². The summed E-state index contributed by atoms with van der Waals surface area (Å²) in [5, 5.41) is 0. The highest BCUT2D eigenvalue weighted by Crippen LogP contribution is 2.16. The van der Waals surface area contributed by atoms with Gasteiger partial charge in [0.2, 0.25) is 6.08 Å². The van der Waals surface area contributed by atoms with E-state index in [0.717, 1.165) is 5.56 Å². The van der Waals surface area contributed by atoms with Gasteiger partial charge in [0.1, 0.15) is 5.82 Å². The summed E-state index contributed by atoms with van der Waals surface area (Å²) in [5.74, 6) is -0.325. The summed E-state index contributed by atoms with van der Waals surface area (Å²) in [4.78, 5) is 13.1. The molecule has 12 heavy (non-hydrogen) atoms. The van der Waals surface area contributed by atoms with Gasteiger partial charge in [0, 0.05) is 0 Å². The van der Waals surface area contributed by atoms with Crippen LogP contribution >= 0.6 is 15.9 Å². The number of hydrogen-bond donors (Lipinski definition) is 0. The number of aliphatic imine (C=N–C) groups is 1. The molecule has 4 heteroatoms. The first-order chi connectivity index (χ1) is 5.74. The van der Waals surface area contributed by atoms with Gasteiger partial charge in [-0.25, -0.2) is 14.2 Å². The van der Waals surface area contributed by atoms with E-state index in [1.165, 1.54) is 12.1 Å². The second-order valence-electron chi connectivity index (χ2n) is 2.16. The van der Waals surface area contributed by atoms with Gasteiger partial charge in [-0.05, 0) is 33.6 Å². The first kappa shape index (κ1) is 9.10. The maximum absolute atomic E-state index is 12.7. The Bertz CT molecular complexity index is 334. The minimum atomic E-state index is -0.325. The summed E-state index contributed by atoms with van der Waals surface area (Å²) >= 11 is 3.02. The summed E-state index contributed by atoms with van der Waals surface area (Å²) in [7, 11) is 0. The standard InChI is InChI=1S/C8H5BrFNO/c9-7-3-6(4-11-5-12)1-2-8(7)10/h1-3H,4H2. The number of hydrogen-bond acceptors (Lipinski definition) is 2. The molecule has 0 amide bonds. The molecular weight excluding hydrogens is 225 g/mol. The smallest absolute Gasteiger partial charge is 0.211 e. The SMILES string of the molecule is O=C=NCc1ccc(F)c(Br)c1. The van der Waals surface area contributed by atoms with Crippen molar-refractivity contribution in [3.05, 3.63) is 34.1 Å². The van der Waals surface area contributed by atoms with Crippen molar-refractivity contribution in [1.29, 1.82) is 0 Å². The van der Waals surface area contributed by atoms with Crippen molar-refractivity contribution in [2.45, 2.75) is 6.54 Å². The largest absolute Gasteiger partial charge is 0.235 e. The summed E-state index contributed by atoms with van der Waals surface area (Å²) in [5.41, 5.74) is 0.770. The van der Waals surface area contributed by atoms with Crippen molar-refractivity contribution in [3.63, 3.8) is 0 Å². The fourth-order valence-electron chi connectivity index (χ4n) is 0.762. The van der Waals surface area contributed by atoms with Gasteiger partial charge in [0.05, 0.1) is 11.0 Å². The number of halogens is 2. The molecule has 0 N–H and O–H groups in total. The zero-order valence-corrected chi connectivity index (χ0v) is 7.64. The lowest BCUT2D eigenvalue weighted by molar-refractivity contribution is 0.562. The zero-order valence-electron chi connectivity index (χ0n) is 6.05. The van der Waals surface area contributed by atoms with Crippen LogP contribution in [0.4, 0.5) is 4.39 Å². The molecule has 0 aliphatic heterocycles. The van der Waals surface area contributed by atoms with Crippen molar-refractivity contribution in [3.8, 4) is 0 Å². The molecule has 2 nitrogen and oxygen atoms in total. The molecule has 1 aromatic carbocycles. The molecule has 62 valence electrons. The number of benzene rings is 1. The van der Waals surface area contributed by atoms with Crippen molar-refractivity contribution in [2.75, 3.05) is 0 Å². The maximum Gasteiger partial charge on any atom is 0.235 e. The molecule has 0 radical (unpaired) electrons. The average molecular weight is 230 g/mol. The van der Waals surface area contributed by atoms with E-state index in [0.29, 0.717) is 4.47 Å². The van der Waals surface area contributed by atoms with Crippen LogP contribution in [-0.4, -0.2) is 6.08 Å². The Morgan fingerprint density at radius 1 is 1.58 bits per heavy atom. The third-order valence-corrected chi connectivity index (χ3v) is 1.92. The Balaban J connectivity index is 2.89. The van der Waals surface area contributed by atoms with Crippen molar-refractivity contribution in [2.24, 2.45) is 4.99 Å². The van der Waals surface area contributed by atoms with Gasteiger partial charge >= 0.3 is 0 Å². The highest BCUT2D eigenvalue weighted by molar-refractivity contribution is 9.10. The molecule has 1 aromatic rings. The van der Waals surface area contributed by atoms with Crippen molar-refractivity contribution >= 4 is 22.0 Å². The van der Waals surface area contributed by atoms with E-state index in [1.807, 2.05) is 0 Å². The van der Waals surface area contributed by atoms with Gasteiger partial charge in [-0.15, -0.1) is 0 Å². The van der Waals surface area contributed by atoms with Crippen LogP contribution in [0.15, 0.2) is 27.7 Å². The number of carbonyl (C=O) groups excluding carboxylic acids is 1. The van der Waals surface area contributed by atoms with Crippen LogP contribution in [0, 0.1) is 5.82 Å². The van der Waals surface area contributed by atoms with E-state index in [1.54, 1.807) is 12.1 Å². The first-order valence-electron chi connectivity index (χ1n) is 3.21. The van der Waals surface area contributed by atoms with Gasteiger partial charge in [-0.1, -0.05) is 6.07 Å². The maximum atomic E-state index is 12.7. The summed E-state index contributed by atoms with van der Waals surface area (Å²) in [6.45, 7) is 0.238. The van der Waals surface area contributed by atoms with Gasteiger partial charge in [0.15, 0.2) is 0 Å². The summed E-state index contributed by atoms with van der Waals surface area (Å²) in [6, 6.07) is 4.47. The molecular formula is C8H5BrFNO. The molecule has 0 aromatic heterocycles. The van der Waals surface area contributed by atoms with Crippen LogP contribution in [0.5, 0.6) is 0 Å². The molecule has 0 aliphatic rings. The van der Waals surface area contributed by atoms with Gasteiger partial charge in [0.25, 0.3) is 0 Å². The molecule has 0 atom stereocenters. The number of isocyanates is 1. The lowest BCUT2D eigenvalue weighted by Crippen LogP contribution is -1.83. The highest BCUT2D eigenvalue weighted by Gasteiger charge is 1.98. The van der Waals surface area contributed by atoms with Gasteiger partial charge < -0.3 is 0 Å². The van der Waals surface area contributed by atoms with E-state index in [-0.39, 0.29) is 12.4 Å². The zero-order chi connectivity index (χ0) is 8.97. The molecule has 0 fully saturated rings. The van der Waals surface area contributed by atoms with Crippen LogP contribution < -0.4 is 0 Å². The predicted octanol–water partition coefficient (Wildman–Crippen LogP) is 2.42. The molecule has 0 unspecified atom stereocenters. The molecule has 0 saturated heterocycles. The van der Waals surface area contributed by atoms with E-state index in [4.69, 9.17) is 0 Å².